The highest BCUT2D eigenvalue weighted by molar-refractivity contribution is 5.91. The Morgan fingerprint density at radius 3 is 2.65 bits per heavy atom. The van der Waals surface area contributed by atoms with E-state index in [0.29, 0.717) is 12.3 Å². The lowest BCUT2D eigenvalue weighted by Gasteiger charge is -2.13. The summed E-state index contributed by atoms with van der Waals surface area (Å²) in [5.74, 6) is 2.10. The number of likely N-dealkylation sites (N-methyl/N-ethyl adjacent to an activating group) is 1. The molecule has 1 aromatic carbocycles. The number of nitriles is 1. The predicted molar refractivity (Wildman–Crippen MR) is 86.5 cm³/mol. The summed E-state index contributed by atoms with van der Waals surface area (Å²) in [5, 5.41) is 8.45. The fourth-order valence-electron chi connectivity index (χ4n) is 1.97. The van der Waals surface area contributed by atoms with E-state index in [1.807, 2.05) is 37.3 Å². The summed E-state index contributed by atoms with van der Waals surface area (Å²) in [5.41, 5.74) is 0.880. The standard InChI is InChI=1S/C18H18N2O3/c1-14-3-7-17(23-14)13-20(2)18(21)10-6-15-4-8-16(9-5-15)22-12-11-19/h3-10H,12-13H2,1-2H3/b10-6+. The van der Waals surface area contributed by atoms with E-state index in [1.54, 1.807) is 30.2 Å². The lowest BCUT2D eigenvalue weighted by atomic mass is 10.2. The average Bonchev–Trinajstić information content (AvgIpc) is 2.96. The normalized spacial score (nSPS) is 10.5. The van der Waals surface area contributed by atoms with Crippen molar-refractivity contribution in [1.29, 1.82) is 5.26 Å². The van der Waals surface area contributed by atoms with Crippen LogP contribution in [0.25, 0.3) is 6.08 Å². The van der Waals surface area contributed by atoms with E-state index in [4.69, 9.17) is 14.4 Å². The molecule has 0 unspecified atom stereocenters. The van der Waals surface area contributed by atoms with Gasteiger partial charge in [-0.3, -0.25) is 4.79 Å². The molecule has 23 heavy (non-hydrogen) atoms. The van der Waals surface area contributed by atoms with Crippen molar-refractivity contribution < 1.29 is 13.9 Å². The second kappa shape index (κ2) is 7.85. The fourth-order valence-corrected chi connectivity index (χ4v) is 1.97. The van der Waals surface area contributed by atoms with Gasteiger partial charge in [0.25, 0.3) is 0 Å². The van der Waals surface area contributed by atoms with Crippen molar-refractivity contribution in [1.82, 2.24) is 4.90 Å². The molecule has 0 bridgehead atoms. The molecule has 0 atom stereocenters. The van der Waals surface area contributed by atoms with Gasteiger partial charge in [0.15, 0.2) is 6.61 Å². The van der Waals surface area contributed by atoms with Gasteiger partial charge in [-0.1, -0.05) is 12.1 Å². The van der Waals surface area contributed by atoms with Crippen molar-refractivity contribution in [3.05, 3.63) is 59.6 Å². The zero-order chi connectivity index (χ0) is 16.7. The third-order valence-electron chi connectivity index (χ3n) is 3.17. The quantitative estimate of drug-likeness (QED) is 0.769. The zero-order valence-electron chi connectivity index (χ0n) is 13.2. The topological polar surface area (TPSA) is 66.5 Å². The second-order valence-electron chi connectivity index (χ2n) is 5.06. The van der Waals surface area contributed by atoms with E-state index in [1.165, 1.54) is 6.08 Å². The average molecular weight is 310 g/mol. The van der Waals surface area contributed by atoms with Crippen molar-refractivity contribution >= 4 is 12.0 Å². The Bertz CT molecular complexity index is 723. The number of hydrogen-bond donors (Lipinski definition) is 0. The number of carbonyl (C=O) groups is 1. The molecule has 5 nitrogen and oxygen atoms in total. The molecule has 1 amide bonds. The third kappa shape index (κ3) is 5.04. The highest BCUT2D eigenvalue weighted by Crippen LogP contribution is 2.13. The van der Waals surface area contributed by atoms with Gasteiger partial charge in [-0.15, -0.1) is 0 Å². The Balaban J connectivity index is 1.90. The number of benzene rings is 1. The first kappa shape index (κ1) is 16.4. The van der Waals surface area contributed by atoms with Crippen LogP contribution in [0.2, 0.25) is 0 Å². The first-order chi connectivity index (χ1) is 11.1. The maximum atomic E-state index is 12.1. The minimum atomic E-state index is -0.108. The Hall–Kier alpha value is -3.00. The van der Waals surface area contributed by atoms with Gasteiger partial charge in [0.2, 0.25) is 5.91 Å². The minimum absolute atomic E-state index is 0.0186. The molecule has 1 aromatic heterocycles. The van der Waals surface area contributed by atoms with Crippen LogP contribution in [0.5, 0.6) is 5.75 Å². The van der Waals surface area contributed by atoms with Crippen molar-refractivity contribution in [3.63, 3.8) is 0 Å². The van der Waals surface area contributed by atoms with Crippen LogP contribution in [0.3, 0.4) is 0 Å². The van der Waals surface area contributed by atoms with Gasteiger partial charge in [0, 0.05) is 13.1 Å². The van der Waals surface area contributed by atoms with Crippen molar-refractivity contribution in [3.8, 4) is 11.8 Å². The van der Waals surface area contributed by atoms with E-state index in [2.05, 4.69) is 0 Å². The van der Waals surface area contributed by atoms with Gasteiger partial charge in [0.1, 0.15) is 23.3 Å². The minimum Gasteiger partial charge on any atom is -0.479 e. The van der Waals surface area contributed by atoms with Crippen LogP contribution >= 0.6 is 0 Å². The number of hydrogen-bond acceptors (Lipinski definition) is 4. The maximum Gasteiger partial charge on any atom is 0.246 e. The molecule has 0 saturated carbocycles. The molecule has 0 aliphatic heterocycles. The summed E-state index contributed by atoms with van der Waals surface area (Å²) in [6.45, 7) is 2.32. The molecule has 2 aromatic rings. The molecule has 0 N–H and O–H groups in total. The molecule has 0 aliphatic rings. The molecule has 0 spiro atoms. The smallest absolute Gasteiger partial charge is 0.246 e. The second-order valence-corrected chi connectivity index (χ2v) is 5.06. The van der Waals surface area contributed by atoms with Gasteiger partial charge >= 0.3 is 0 Å². The molecule has 2 rings (SSSR count). The summed E-state index contributed by atoms with van der Waals surface area (Å²) in [6, 6.07) is 12.8. The van der Waals surface area contributed by atoms with Crippen LogP contribution in [0.15, 0.2) is 46.9 Å². The number of rotatable bonds is 6. The van der Waals surface area contributed by atoms with Crippen molar-refractivity contribution in [2.45, 2.75) is 13.5 Å². The Kier molecular flexibility index (Phi) is 5.59. The van der Waals surface area contributed by atoms with Crippen LogP contribution in [-0.2, 0) is 11.3 Å². The van der Waals surface area contributed by atoms with Crippen LogP contribution in [0.1, 0.15) is 17.1 Å². The van der Waals surface area contributed by atoms with Crippen molar-refractivity contribution in [2.75, 3.05) is 13.7 Å². The number of ether oxygens (including phenoxy) is 1. The highest BCUT2D eigenvalue weighted by atomic mass is 16.5. The molecular weight excluding hydrogens is 292 g/mol. The van der Waals surface area contributed by atoms with E-state index < -0.39 is 0 Å². The number of carbonyl (C=O) groups excluding carboxylic acids is 1. The summed E-state index contributed by atoms with van der Waals surface area (Å²) in [7, 11) is 1.73. The monoisotopic (exact) mass is 310 g/mol. The van der Waals surface area contributed by atoms with Gasteiger partial charge in [-0.2, -0.15) is 5.26 Å². The van der Waals surface area contributed by atoms with E-state index >= 15 is 0 Å². The number of nitrogens with zero attached hydrogens (tertiary/aromatic N) is 2. The number of amides is 1. The summed E-state index contributed by atoms with van der Waals surface area (Å²) in [6.07, 6.45) is 3.25. The molecule has 0 saturated heterocycles. The highest BCUT2D eigenvalue weighted by Gasteiger charge is 2.08. The fraction of sp³-hybridized carbons (Fsp3) is 0.222. The number of furan rings is 1. The van der Waals surface area contributed by atoms with Gasteiger partial charge in [-0.25, -0.2) is 0 Å². The molecule has 118 valence electrons. The van der Waals surface area contributed by atoms with Crippen LogP contribution < -0.4 is 4.74 Å². The summed E-state index contributed by atoms with van der Waals surface area (Å²) < 4.78 is 10.6. The Morgan fingerprint density at radius 1 is 1.30 bits per heavy atom. The molecular formula is C18H18N2O3. The van der Waals surface area contributed by atoms with Gasteiger partial charge in [-0.05, 0) is 42.8 Å². The molecule has 0 fully saturated rings. The van der Waals surface area contributed by atoms with Gasteiger partial charge in [0.05, 0.1) is 6.54 Å². The van der Waals surface area contributed by atoms with E-state index in [9.17, 15) is 4.79 Å². The van der Waals surface area contributed by atoms with E-state index in [-0.39, 0.29) is 12.5 Å². The SMILES string of the molecule is Cc1ccc(CN(C)C(=O)/C=C/c2ccc(OCC#N)cc2)o1. The summed E-state index contributed by atoms with van der Waals surface area (Å²) in [4.78, 5) is 13.7. The molecule has 5 heteroatoms. The molecule has 1 heterocycles. The lowest BCUT2D eigenvalue weighted by Crippen LogP contribution is -2.23. The Morgan fingerprint density at radius 2 is 2.04 bits per heavy atom. The Labute approximate surface area is 135 Å². The number of aryl methyl sites for hydroxylation is 1. The predicted octanol–water partition coefficient (Wildman–Crippen LogP) is 3.16. The van der Waals surface area contributed by atoms with Crippen LogP contribution in [0, 0.1) is 18.3 Å². The summed E-state index contributed by atoms with van der Waals surface area (Å²) >= 11 is 0. The van der Waals surface area contributed by atoms with E-state index in [0.717, 1.165) is 17.1 Å². The third-order valence-corrected chi connectivity index (χ3v) is 3.17. The lowest BCUT2D eigenvalue weighted by molar-refractivity contribution is -0.125. The first-order valence-electron chi connectivity index (χ1n) is 7.17. The zero-order valence-corrected chi connectivity index (χ0v) is 13.2. The largest absolute Gasteiger partial charge is 0.479 e. The molecule has 0 radical (unpaired) electrons. The van der Waals surface area contributed by atoms with Gasteiger partial charge < -0.3 is 14.1 Å². The van der Waals surface area contributed by atoms with Crippen LogP contribution in [-0.4, -0.2) is 24.5 Å². The maximum absolute atomic E-state index is 12.1. The van der Waals surface area contributed by atoms with Crippen LogP contribution in [0.4, 0.5) is 0 Å². The van der Waals surface area contributed by atoms with Crippen molar-refractivity contribution in [2.24, 2.45) is 0 Å². The molecule has 0 aliphatic carbocycles. The first-order valence-corrected chi connectivity index (χ1v) is 7.17.